The lowest BCUT2D eigenvalue weighted by Crippen LogP contribution is -2.12. The van der Waals surface area contributed by atoms with Crippen LogP contribution in [-0.4, -0.2) is 20.1 Å². The van der Waals surface area contributed by atoms with Gasteiger partial charge in [0.2, 0.25) is 5.91 Å². The van der Waals surface area contributed by atoms with Gasteiger partial charge in [-0.05, 0) is 35.4 Å². The van der Waals surface area contributed by atoms with E-state index in [9.17, 15) is 4.79 Å². The van der Waals surface area contributed by atoms with Crippen LogP contribution in [0.5, 0.6) is 11.5 Å². The number of hydrogen-bond acceptors (Lipinski definition) is 3. The summed E-state index contributed by atoms with van der Waals surface area (Å²) >= 11 is 0. The molecular formula is C17H17NO3. The fraction of sp³-hybridized carbons (Fsp3) is 0.118. The zero-order chi connectivity index (χ0) is 15.4. The molecule has 0 aromatic heterocycles. The standard InChI is InChI=1S/C17H17NO3/c1-11(17(18)19)13-9-8-12(20-2)10-15(13)14-6-4-5-7-16(14)21-3/h4-10H,1H2,2-3H3,(H2,18,19). The molecule has 0 radical (unpaired) electrons. The Kier molecular flexibility index (Phi) is 4.28. The SMILES string of the molecule is C=C(C(N)=O)c1ccc(OC)cc1-c1ccccc1OC. The molecule has 2 aromatic carbocycles. The Morgan fingerprint density at radius 1 is 1.05 bits per heavy atom. The molecule has 0 aliphatic rings. The second-order valence-corrected chi connectivity index (χ2v) is 4.45. The third-order valence-electron chi connectivity index (χ3n) is 3.25. The lowest BCUT2D eigenvalue weighted by molar-refractivity contribution is -0.112. The molecule has 0 spiro atoms. The van der Waals surface area contributed by atoms with Crippen molar-refractivity contribution in [2.45, 2.75) is 0 Å². The van der Waals surface area contributed by atoms with Gasteiger partial charge in [0.15, 0.2) is 0 Å². The van der Waals surface area contributed by atoms with Crippen molar-refractivity contribution in [1.29, 1.82) is 0 Å². The molecule has 4 heteroatoms. The van der Waals surface area contributed by atoms with Crippen LogP contribution in [0.2, 0.25) is 0 Å². The normalized spacial score (nSPS) is 10.0. The molecule has 2 rings (SSSR count). The summed E-state index contributed by atoms with van der Waals surface area (Å²) in [5.74, 6) is 0.817. The zero-order valence-corrected chi connectivity index (χ0v) is 12.1. The number of ether oxygens (including phenoxy) is 2. The van der Waals surface area contributed by atoms with E-state index < -0.39 is 5.91 Å². The molecule has 0 unspecified atom stereocenters. The summed E-state index contributed by atoms with van der Waals surface area (Å²) in [6.45, 7) is 3.77. The van der Waals surface area contributed by atoms with Gasteiger partial charge in [-0.25, -0.2) is 0 Å². The first-order valence-electron chi connectivity index (χ1n) is 6.39. The van der Waals surface area contributed by atoms with Gasteiger partial charge in [0.1, 0.15) is 11.5 Å². The molecule has 0 bridgehead atoms. The Morgan fingerprint density at radius 2 is 1.76 bits per heavy atom. The highest BCUT2D eigenvalue weighted by atomic mass is 16.5. The van der Waals surface area contributed by atoms with Gasteiger partial charge in [0, 0.05) is 11.1 Å². The minimum atomic E-state index is -0.559. The fourth-order valence-electron chi connectivity index (χ4n) is 2.14. The largest absolute Gasteiger partial charge is 0.497 e. The number of para-hydroxylation sites is 1. The van der Waals surface area contributed by atoms with Gasteiger partial charge in [0.05, 0.1) is 14.2 Å². The number of carbonyl (C=O) groups is 1. The molecule has 0 saturated heterocycles. The third-order valence-corrected chi connectivity index (χ3v) is 3.25. The highest BCUT2D eigenvalue weighted by Gasteiger charge is 2.15. The maximum atomic E-state index is 11.5. The molecular weight excluding hydrogens is 266 g/mol. The van der Waals surface area contributed by atoms with Gasteiger partial charge in [-0.1, -0.05) is 24.8 Å². The van der Waals surface area contributed by atoms with Crippen molar-refractivity contribution >= 4 is 11.5 Å². The van der Waals surface area contributed by atoms with Crippen molar-refractivity contribution < 1.29 is 14.3 Å². The highest BCUT2D eigenvalue weighted by molar-refractivity contribution is 6.19. The van der Waals surface area contributed by atoms with Crippen molar-refractivity contribution in [2.24, 2.45) is 5.73 Å². The summed E-state index contributed by atoms with van der Waals surface area (Å²) in [6, 6.07) is 12.9. The van der Waals surface area contributed by atoms with E-state index in [4.69, 9.17) is 15.2 Å². The quantitative estimate of drug-likeness (QED) is 0.858. The second kappa shape index (κ2) is 6.13. The maximum absolute atomic E-state index is 11.5. The lowest BCUT2D eigenvalue weighted by atomic mass is 9.94. The third kappa shape index (κ3) is 2.89. The van der Waals surface area contributed by atoms with Gasteiger partial charge < -0.3 is 15.2 Å². The molecule has 21 heavy (non-hydrogen) atoms. The highest BCUT2D eigenvalue weighted by Crippen LogP contribution is 2.36. The van der Waals surface area contributed by atoms with Gasteiger partial charge in [0.25, 0.3) is 0 Å². The average molecular weight is 283 g/mol. The van der Waals surface area contributed by atoms with Gasteiger partial charge >= 0.3 is 0 Å². The molecule has 0 aliphatic carbocycles. The first-order chi connectivity index (χ1) is 10.1. The van der Waals surface area contributed by atoms with E-state index in [2.05, 4.69) is 6.58 Å². The zero-order valence-electron chi connectivity index (χ0n) is 12.1. The maximum Gasteiger partial charge on any atom is 0.248 e. The number of nitrogens with two attached hydrogens (primary N) is 1. The molecule has 4 nitrogen and oxygen atoms in total. The van der Waals surface area contributed by atoms with Crippen LogP contribution in [0, 0.1) is 0 Å². The average Bonchev–Trinajstić information content (AvgIpc) is 2.53. The molecule has 0 aliphatic heterocycles. The van der Waals surface area contributed by atoms with Crippen LogP contribution in [0.1, 0.15) is 5.56 Å². The van der Waals surface area contributed by atoms with Crippen LogP contribution < -0.4 is 15.2 Å². The Morgan fingerprint density at radius 3 is 2.38 bits per heavy atom. The molecule has 0 heterocycles. The van der Waals surface area contributed by atoms with Crippen molar-refractivity contribution in [3.63, 3.8) is 0 Å². The van der Waals surface area contributed by atoms with Gasteiger partial charge in [-0.3, -0.25) is 4.79 Å². The summed E-state index contributed by atoms with van der Waals surface area (Å²) in [7, 11) is 3.19. The number of hydrogen-bond donors (Lipinski definition) is 1. The minimum Gasteiger partial charge on any atom is -0.497 e. The van der Waals surface area contributed by atoms with E-state index >= 15 is 0 Å². The Labute approximate surface area is 123 Å². The molecule has 108 valence electrons. The van der Waals surface area contributed by atoms with E-state index in [0.717, 1.165) is 11.1 Å². The Balaban J connectivity index is 2.70. The fourth-order valence-corrected chi connectivity index (χ4v) is 2.14. The number of rotatable bonds is 5. The number of methoxy groups -OCH3 is 2. The van der Waals surface area contributed by atoms with Crippen LogP contribution in [-0.2, 0) is 4.79 Å². The first-order valence-corrected chi connectivity index (χ1v) is 6.39. The molecule has 1 amide bonds. The van der Waals surface area contributed by atoms with Crippen molar-refractivity contribution in [2.75, 3.05) is 14.2 Å². The van der Waals surface area contributed by atoms with Crippen LogP contribution in [0.4, 0.5) is 0 Å². The van der Waals surface area contributed by atoms with Crippen molar-refractivity contribution in [3.05, 3.63) is 54.6 Å². The molecule has 2 aromatic rings. The van der Waals surface area contributed by atoms with E-state index in [1.54, 1.807) is 26.4 Å². The van der Waals surface area contributed by atoms with E-state index in [1.807, 2.05) is 30.3 Å². The summed E-state index contributed by atoms with van der Waals surface area (Å²) in [5.41, 5.74) is 7.90. The molecule has 0 fully saturated rings. The monoisotopic (exact) mass is 283 g/mol. The molecule has 0 saturated carbocycles. The van der Waals surface area contributed by atoms with Crippen molar-refractivity contribution in [3.8, 4) is 22.6 Å². The van der Waals surface area contributed by atoms with Crippen LogP contribution in [0.25, 0.3) is 16.7 Å². The van der Waals surface area contributed by atoms with Crippen LogP contribution >= 0.6 is 0 Å². The molecule has 2 N–H and O–H groups in total. The smallest absolute Gasteiger partial charge is 0.248 e. The Bertz CT molecular complexity index is 692. The summed E-state index contributed by atoms with van der Waals surface area (Å²) in [5, 5.41) is 0. The van der Waals surface area contributed by atoms with Gasteiger partial charge in [-0.15, -0.1) is 0 Å². The van der Waals surface area contributed by atoms with E-state index in [1.165, 1.54) is 0 Å². The number of benzene rings is 2. The van der Waals surface area contributed by atoms with Gasteiger partial charge in [-0.2, -0.15) is 0 Å². The van der Waals surface area contributed by atoms with Crippen LogP contribution in [0.3, 0.4) is 0 Å². The van der Waals surface area contributed by atoms with E-state index in [-0.39, 0.29) is 5.57 Å². The summed E-state index contributed by atoms with van der Waals surface area (Å²) < 4.78 is 10.6. The first kappa shape index (κ1) is 14.7. The minimum absolute atomic E-state index is 0.249. The number of carbonyl (C=O) groups excluding carboxylic acids is 1. The van der Waals surface area contributed by atoms with Crippen LogP contribution in [0.15, 0.2) is 49.0 Å². The van der Waals surface area contributed by atoms with Crippen molar-refractivity contribution in [1.82, 2.24) is 0 Å². The predicted octanol–water partition coefficient (Wildman–Crippen LogP) is 2.87. The summed E-state index contributed by atoms with van der Waals surface area (Å²) in [6.07, 6.45) is 0. The number of amides is 1. The van der Waals surface area contributed by atoms with E-state index in [0.29, 0.717) is 17.1 Å². The second-order valence-electron chi connectivity index (χ2n) is 4.45. The lowest BCUT2D eigenvalue weighted by Gasteiger charge is -2.14. The summed E-state index contributed by atoms with van der Waals surface area (Å²) in [4.78, 5) is 11.5. The Hall–Kier alpha value is -2.75. The molecule has 0 atom stereocenters. The number of primary amides is 1. The predicted molar refractivity (Wildman–Crippen MR) is 83.2 cm³/mol. The topological polar surface area (TPSA) is 61.6 Å².